The molecule has 1 heterocycles. The van der Waals surface area contributed by atoms with Gasteiger partial charge in [0.1, 0.15) is 11.3 Å². The summed E-state index contributed by atoms with van der Waals surface area (Å²) in [5.74, 6) is 0.534. The Kier molecular flexibility index (Phi) is 3.23. The Morgan fingerprint density at radius 2 is 2.24 bits per heavy atom. The van der Waals surface area contributed by atoms with Gasteiger partial charge in [-0.15, -0.1) is 0 Å². The maximum atomic E-state index is 10.8. The number of fused-ring (bicyclic) bond motifs is 1. The molecule has 17 heavy (non-hydrogen) atoms. The van der Waals surface area contributed by atoms with E-state index in [1.807, 2.05) is 37.3 Å². The highest BCUT2D eigenvalue weighted by Crippen LogP contribution is 2.21. The molecule has 1 aromatic heterocycles. The first-order chi connectivity index (χ1) is 8.20. The summed E-state index contributed by atoms with van der Waals surface area (Å²) >= 11 is 0. The molecule has 2 rings (SSSR count). The van der Waals surface area contributed by atoms with Crippen LogP contribution in [0.15, 0.2) is 40.4 Å². The molecule has 1 aromatic carbocycles. The summed E-state index contributed by atoms with van der Waals surface area (Å²) in [6.07, 6.45) is 2.70. The molecule has 0 bridgehead atoms. The fraction of sp³-hybridized carbons (Fsp3) is 0.231. The van der Waals surface area contributed by atoms with Crippen molar-refractivity contribution in [3.05, 3.63) is 51.9 Å². The van der Waals surface area contributed by atoms with E-state index in [2.05, 4.69) is 0 Å². The van der Waals surface area contributed by atoms with Crippen LogP contribution in [0.4, 0.5) is 0 Å². The van der Waals surface area contributed by atoms with Crippen LogP contribution in [0.3, 0.4) is 0 Å². The van der Waals surface area contributed by atoms with Gasteiger partial charge in [0.25, 0.3) is 0 Å². The zero-order valence-corrected chi connectivity index (χ0v) is 9.55. The van der Waals surface area contributed by atoms with E-state index in [0.717, 1.165) is 17.4 Å². The molecule has 0 radical (unpaired) electrons. The topological polar surface area (TPSA) is 56.3 Å². The van der Waals surface area contributed by atoms with Crippen LogP contribution in [0.25, 0.3) is 17.0 Å². The highest BCUT2D eigenvalue weighted by atomic mass is 16.6. The maximum absolute atomic E-state index is 10.8. The summed E-state index contributed by atoms with van der Waals surface area (Å²) in [7, 11) is 0. The molecule has 0 amide bonds. The minimum absolute atomic E-state index is 0.187. The largest absolute Gasteiger partial charge is 0.456 e. The van der Waals surface area contributed by atoms with E-state index in [9.17, 15) is 10.1 Å². The van der Waals surface area contributed by atoms with E-state index in [-0.39, 0.29) is 10.6 Å². The molecular weight excluding hydrogens is 218 g/mol. The van der Waals surface area contributed by atoms with E-state index < -0.39 is 0 Å². The van der Waals surface area contributed by atoms with Gasteiger partial charge in [0.15, 0.2) is 0 Å². The van der Waals surface area contributed by atoms with E-state index >= 15 is 0 Å². The normalized spacial score (nSPS) is 11.9. The van der Waals surface area contributed by atoms with Gasteiger partial charge in [-0.3, -0.25) is 10.1 Å². The lowest BCUT2D eigenvalue weighted by Crippen LogP contribution is -1.97. The molecule has 0 aliphatic heterocycles. The fourth-order valence-corrected chi connectivity index (χ4v) is 1.71. The Morgan fingerprint density at radius 3 is 2.88 bits per heavy atom. The number of nitro groups is 1. The number of allylic oxidation sites excluding steroid dienone is 1. The number of para-hydroxylation sites is 1. The first-order valence-corrected chi connectivity index (χ1v) is 5.54. The third-order valence-electron chi connectivity index (χ3n) is 2.49. The summed E-state index contributed by atoms with van der Waals surface area (Å²) in [5.41, 5.74) is 0.935. The molecule has 0 aliphatic carbocycles. The van der Waals surface area contributed by atoms with Crippen molar-refractivity contribution in [2.24, 2.45) is 0 Å². The van der Waals surface area contributed by atoms with Gasteiger partial charge in [-0.25, -0.2) is 0 Å². The van der Waals surface area contributed by atoms with Gasteiger partial charge in [-0.05, 0) is 18.6 Å². The van der Waals surface area contributed by atoms with Gasteiger partial charge in [0.2, 0.25) is 5.70 Å². The lowest BCUT2D eigenvalue weighted by atomic mass is 10.2. The zero-order chi connectivity index (χ0) is 12.3. The van der Waals surface area contributed by atoms with Crippen LogP contribution < -0.4 is 0 Å². The molecular formula is C13H13NO3. The molecule has 0 N–H and O–H groups in total. The average Bonchev–Trinajstić information content (AvgIpc) is 2.70. The quantitative estimate of drug-likeness (QED) is 0.593. The lowest BCUT2D eigenvalue weighted by Gasteiger charge is -1.93. The summed E-state index contributed by atoms with van der Waals surface area (Å²) in [6.45, 7) is 1.91. The number of hydrogen-bond acceptors (Lipinski definition) is 3. The fourth-order valence-electron chi connectivity index (χ4n) is 1.71. The van der Waals surface area contributed by atoms with Crippen LogP contribution in [-0.4, -0.2) is 4.92 Å². The van der Waals surface area contributed by atoms with E-state index in [0.29, 0.717) is 12.2 Å². The standard InChI is InChI=1S/C13H13NO3/c1-2-5-11(14(15)16)9-12-8-10-6-3-4-7-13(10)17-12/h3-4,6-9H,2,5H2,1H3. The zero-order valence-electron chi connectivity index (χ0n) is 9.55. The molecule has 0 saturated carbocycles. The van der Waals surface area contributed by atoms with Crippen molar-refractivity contribution in [2.75, 3.05) is 0 Å². The van der Waals surface area contributed by atoms with Crippen molar-refractivity contribution in [1.82, 2.24) is 0 Å². The van der Waals surface area contributed by atoms with Crippen LogP contribution >= 0.6 is 0 Å². The molecule has 0 atom stereocenters. The SMILES string of the molecule is CCCC(=Cc1cc2ccccc2o1)[N+](=O)[O-]. The Balaban J connectivity index is 2.38. The highest BCUT2D eigenvalue weighted by Gasteiger charge is 2.11. The summed E-state index contributed by atoms with van der Waals surface area (Å²) in [4.78, 5) is 10.5. The van der Waals surface area contributed by atoms with E-state index in [1.54, 1.807) is 0 Å². The summed E-state index contributed by atoms with van der Waals surface area (Å²) in [6, 6.07) is 9.36. The smallest absolute Gasteiger partial charge is 0.249 e. The Morgan fingerprint density at radius 1 is 1.47 bits per heavy atom. The molecule has 0 fully saturated rings. The molecule has 4 heteroatoms. The minimum Gasteiger partial charge on any atom is -0.456 e. The van der Waals surface area contributed by atoms with Crippen molar-refractivity contribution in [2.45, 2.75) is 19.8 Å². The van der Waals surface area contributed by atoms with Gasteiger partial charge < -0.3 is 4.42 Å². The number of nitrogens with zero attached hydrogens (tertiary/aromatic N) is 1. The number of hydrogen-bond donors (Lipinski definition) is 0. The average molecular weight is 231 g/mol. The molecule has 88 valence electrons. The first kappa shape index (κ1) is 11.4. The van der Waals surface area contributed by atoms with Crippen molar-refractivity contribution >= 4 is 17.0 Å². The van der Waals surface area contributed by atoms with Crippen molar-refractivity contribution < 1.29 is 9.34 Å². The van der Waals surface area contributed by atoms with Gasteiger partial charge in [-0.2, -0.15) is 0 Å². The summed E-state index contributed by atoms with van der Waals surface area (Å²) in [5, 5.41) is 11.8. The monoisotopic (exact) mass is 231 g/mol. The Labute approximate surface area is 98.7 Å². The number of furan rings is 1. The van der Waals surface area contributed by atoms with Crippen molar-refractivity contribution in [3.63, 3.8) is 0 Å². The predicted molar refractivity (Wildman–Crippen MR) is 66.1 cm³/mol. The number of benzene rings is 1. The molecule has 4 nitrogen and oxygen atoms in total. The molecule has 2 aromatic rings. The van der Waals surface area contributed by atoms with Crippen LogP contribution in [0.1, 0.15) is 25.5 Å². The van der Waals surface area contributed by atoms with Crippen LogP contribution in [0.2, 0.25) is 0 Å². The first-order valence-electron chi connectivity index (χ1n) is 5.54. The van der Waals surface area contributed by atoms with Crippen LogP contribution in [0.5, 0.6) is 0 Å². The molecule has 0 saturated heterocycles. The third-order valence-corrected chi connectivity index (χ3v) is 2.49. The number of rotatable bonds is 4. The third kappa shape index (κ3) is 2.53. The molecule has 0 spiro atoms. The van der Waals surface area contributed by atoms with E-state index in [1.165, 1.54) is 6.08 Å². The van der Waals surface area contributed by atoms with Crippen molar-refractivity contribution in [1.29, 1.82) is 0 Å². The van der Waals surface area contributed by atoms with Crippen LogP contribution in [-0.2, 0) is 0 Å². The van der Waals surface area contributed by atoms with Gasteiger partial charge in [0.05, 0.1) is 11.0 Å². The van der Waals surface area contributed by atoms with Gasteiger partial charge >= 0.3 is 0 Å². The molecule has 0 aliphatic rings. The second kappa shape index (κ2) is 4.82. The second-order valence-electron chi connectivity index (χ2n) is 3.83. The predicted octanol–water partition coefficient (Wildman–Crippen LogP) is 3.85. The minimum atomic E-state index is -0.351. The molecule has 0 unspecified atom stereocenters. The Hall–Kier alpha value is -2.10. The van der Waals surface area contributed by atoms with Crippen molar-refractivity contribution in [3.8, 4) is 0 Å². The van der Waals surface area contributed by atoms with Gasteiger partial charge in [0, 0.05) is 11.8 Å². The maximum Gasteiger partial charge on any atom is 0.249 e. The second-order valence-corrected chi connectivity index (χ2v) is 3.83. The van der Waals surface area contributed by atoms with E-state index in [4.69, 9.17) is 4.42 Å². The highest BCUT2D eigenvalue weighted by molar-refractivity contribution is 5.79. The van der Waals surface area contributed by atoms with Gasteiger partial charge in [-0.1, -0.05) is 25.1 Å². The lowest BCUT2D eigenvalue weighted by molar-refractivity contribution is -0.426. The van der Waals surface area contributed by atoms with Crippen LogP contribution in [0, 0.1) is 10.1 Å². The Bertz CT molecular complexity index is 536. The summed E-state index contributed by atoms with van der Waals surface area (Å²) < 4.78 is 5.51.